The van der Waals surface area contributed by atoms with E-state index in [1.54, 1.807) is 12.1 Å². The summed E-state index contributed by atoms with van der Waals surface area (Å²) in [5.74, 6) is -1.98. The number of amides is 3. The average molecular weight is 456 g/mol. The number of aromatic nitrogens is 2. The predicted molar refractivity (Wildman–Crippen MR) is 124 cm³/mol. The lowest BCUT2D eigenvalue weighted by atomic mass is 10.1. The number of carbonyl (C=O) groups is 3. The number of hydrogen-bond donors (Lipinski definition) is 2. The van der Waals surface area contributed by atoms with Crippen LogP contribution in [-0.4, -0.2) is 44.8 Å². The lowest BCUT2D eigenvalue weighted by molar-refractivity contribution is -0.122. The Hall–Kier alpha value is -3.69. The molecule has 10 heteroatoms. The van der Waals surface area contributed by atoms with E-state index in [0.29, 0.717) is 6.42 Å². The van der Waals surface area contributed by atoms with Crippen molar-refractivity contribution in [3.05, 3.63) is 56.2 Å². The van der Waals surface area contributed by atoms with E-state index in [9.17, 15) is 24.0 Å². The number of anilines is 2. The van der Waals surface area contributed by atoms with Crippen LogP contribution in [0.4, 0.5) is 11.5 Å². The number of benzene rings is 1. The van der Waals surface area contributed by atoms with Crippen molar-refractivity contribution in [2.75, 3.05) is 17.2 Å². The quantitative estimate of drug-likeness (QED) is 0.580. The lowest BCUT2D eigenvalue weighted by Gasteiger charge is -2.31. The van der Waals surface area contributed by atoms with Gasteiger partial charge in [-0.05, 0) is 31.4 Å². The second-order valence-corrected chi connectivity index (χ2v) is 8.54. The number of nitrogens with two attached hydrogens (primary N) is 1. The van der Waals surface area contributed by atoms with Crippen LogP contribution in [0.25, 0.3) is 0 Å². The number of nitrogens with one attached hydrogen (secondary N) is 1. The van der Waals surface area contributed by atoms with Crippen molar-refractivity contribution >= 4 is 29.2 Å². The minimum Gasteiger partial charge on any atom is -0.383 e. The molecule has 3 N–H and O–H groups in total. The summed E-state index contributed by atoms with van der Waals surface area (Å²) in [5.41, 5.74) is 5.06. The summed E-state index contributed by atoms with van der Waals surface area (Å²) in [6.07, 6.45) is 1.45. The molecule has 0 fully saturated rings. The van der Waals surface area contributed by atoms with E-state index in [2.05, 4.69) is 4.98 Å². The molecule has 0 bridgehead atoms. The van der Waals surface area contributed by atoms with Gasteiger partial charge in [0.1, 0.15) is 11.9 Å². The molecule has 1 aromatic heterocycles. The number of fused-ring (bicyclic) bond motifs is 1. The van der Waals surface area contributed by atoms with Gasteiger partial charge in [0, 0.05) is 13.1 Å². The monoisotopic (exact) mass is 455 g/mol. The second-order valence-electron chi connectivity index (χ2n) is 8.54. The van der Waals surface area contributed by atoms with Crippen molar-refractivity contribution < 1.29 is 14.4 Å². The third-order valence-electron chi connectivity index (χ3n) is 5.60. The van der Waals surface area contributed by atoms with Gasteiger partial charge < -0.3 is 10.6 Å². The Morgan fingerprint density at radius 2 is 1.64 bits per heavy atom. The van der Waals surface area contributed by atoms with Crippen LogP contribution < -0.4 is 21.9 Å². The largest absolute Gasteiger partial charge is 0.383 e. The Labute approximate surface area is 191 Å². The summed E-state index contributed by atoms with van der Waals surface area (Å²) in [7, 11) is 0. The van der Waals surface area contributed by atoms with Crippen LogP contribution in [0.2, 0.25) is 0 Å². The molecule has 0 saturated heterocycles. The highest BCUT2D eigenvalue weighted by Crippen LogP contribution is 2.27. The number of imide groups is 1. The van der Waals surface area contributed by atoms with Crippen LogP contribution in [-0.2, 0) is 11.3 Å². The highest BCUT2D eigenvalue weighted by Gasteiger charge is 2.42. The SMILES string of the molecule is CCCCn1c(N)c(N(CC(C)C)C(=O)C(C)N2C(=O)c3ccccc3C2=O)c(=O)[nH]c1=O. The zero-order chi connectivity index (χ0) is 24.4. The normalized spacial score (nSPS) is 14.0. The van der Waals surface area contributed by atoms with Gasteiger partial charge in [0.05, 0.1) is 11.1 Å². The summed E-state index contributed by atoms with van der Waals surface area (Å²) < 4.78 is 1.23. The molecule has 2 aromatic rings. The number of carbonyl (C=O) groups excluding carboxylic acids is 3. The molecular weight excluding hydrogens is 426 g/mol. The minimum absolute atomic E-state index is 0.0712. The number of H-pyrrole nitrogens is 1. The van der Waals surface area contributed by atoms with Gasteiger partial charge in [0.25, 0.3) is 17.4 Å². The first-order valence-electron chi connectivity index (χ1n) is 11.0. The molecule has 1 unspecified atom stereocenters. The lowest BCUT2D eigenvalue weighted by Crippen LogP contribution is -2.52. The van der Waals surface area contributed by atoms with Crippen LogP contribution in [0.5, 0.6) is 0 Å². The Balaban J connectivity index is 2.05. The molecule has 0 saturated carbocycles. The number of nitrogen functional groups attached to an aromatic ring is 1. The maximum Gasteiger partial charge on any atom is 0.330 e. The highest BCUT2D eigenvalue weighted by molar-refractivity contribution is 6.23. The fourth-order valence-corrected chi connectivity index (χ4v) is 3.93. The van der Waals surface area contributed by atoms with Gasteiger partial charge in [-0.2, -0.15) is 0 Å². The van der Waals surface area contributed by atoms with Crippen molar-refractivity contribution in [3.63, 3.8) is 0 Å². The average Bonchev–Trinajstić information content (AvgIpc) is 3.02. The molecule has 0 radical (unpaired) electrons. The van der Waals surface area contributed by atoms with Crippen molar-refractivity contribution in [2.24, 2.45) is 5.92 Å². The van der Waals surface area contributed by atoms with Crippen LogP contribution in [0.15, 0.2) is 33.9 Å². The van der Waals surface area contributed by atoms with Gasteiger partial charge in [0.15, 0.2) is 5.69 Å². The van der Waals surface area contributed by atoms with Crippen LogP contribution in [0.1, 0.15) is 61.3 Å². The maximum atomic E-state index is 13.6. The van der Waals surface area contributed by atoms with Gasteiger partial charge in [-0.15, -0.1) is 0 Å². The summed E-state index contributed by atoms with van der Waals surface area (Å²) in [5, 5.41) is 0. The topological polar surface area (TPSA) is 139 Å². The molecule has 0 aliphatic carbocycles. The van der Waals surface area contributed by atoms with E-state index in [1.807, 2.05) is 20.8 Å². The Kier molecular flexibility index (Phi) is 6.85. The van der Waals surface area contributed by atoms with E-state index in [4.69, 9.17) is 5.73 Å². The minimum atomic E-state index is -1.19. The number of unbranched alkanes of at least 4 members (excludes halogenated alkanes) is 1. The smallest absolute Gasteiger partial charge is 0.330 e. The molecule has 176 valence electrons. The molecule has 2 heterocycles. The van der Waals surface area contributed by atoms with Crippen molar-refractivity contribution in [1.82, 2.24) is 14.5 Å². The number of rotatable bonds is 8. The summed E-state index contributed by atoms with van der Waals surface area (Å²) in [6.45, 7) is 7.48. The molecule has 1 aliphatic heterocycles. The fraction of sp³-hybridized carbons (Fsp3) is 0.435. The number of hydrogen-bond acceptors (Lipinski definition) is 6. The van der Waals surface area contributed by atoms with Crippen molar-refractivity contribution in [2.45, 2.75) is 53.1 Å². The summed E-state index contributed by atoms with van der Waals surface area (Å²) in [4.78, 5) is 68.8. The summed E-state index contributed by atoms with van der Waals surface area (Å²) in [6, 6.07) is 5.16. The molecule has 1 aliphatic rings. The zero-order valence-corrected chi connectivity index (χ0v) is 19.3. The van der Waals surface area contributed by atoms with Crippen LogP contribution in [0.3, 0.4) is 0 Å². The van der Waals surface area contributed by atoms with Gasteiger partial charge in [0.2, 0.25) is 5.91 Å². The van der Waals surface area contributed by atoms with Crippen LogP contribution >= 0.6 is 0 Å². The fourth-order valence-electron chi connectivity index (χ4n) is 3.93. The van der Waals surface area contributed by atoms with Crippen molar-refractivity contribution in [1.29, 1.82) is 0 Å². The molecule has 1 aromatic carbocycles. The van der Waals surface area contributed by atoms with Gasteiger partial charge >= 0.3 is 5.69 Å². The third-order valence-corrected chi connectivity index (χ3v) is 5.60. The van der Waals surface area contributed by atoms with E-state index >= 15 is 0 Å². The van der Waals surface area contributed by atoms with Gasteiger partial charge in [-0.3, -0.25) is 33.6 Å². The molecular formula is C23H29N5O5. The number of nitrogens with zero attached hydrogens (tertiary/aromatic N) is 3. The first-order chi connectivity index (χ1) is 15.6. The Morgan fingerprint density at radius 1 is 1.06 bits per heavy atom. The number of aromatic amines is 1. The molecule has 10 nitrogen and oxygen atoms in total. The molecule has 1 atom stereocenters. The van der Waals surface area contributed by atoms with E-state index in [-0.39, 0.29) is 41.6 Å². The van der Waals surface area contributed by atoms with Gasteiger partial charge in [-0.1, -0.05) is 39.3 Å². The third kappa shape index (κ3) is 4.33. The Morgan fingerprint density at radius 3 is 2.15 bits per heavy atom. The van der Waals surface area contributed by atoms with E-state index < -0.39 is 35.0 Å². The first-order valence-corrected chi connectivity index (χ1v) is 11.0. The molecule has 33 heavy (non-hydrogen) atoms. The van der Waals surface area contributed by atoms with E-state index in [1.165, 1.54) is 28.5 Å². The van der Waals surface area contributed by atoms with Crippen LogP contribution in [0, 0.1) is 5.92 Å². The van der Waals surface area contributed by atoms with Gasteiger partial charge in [-0.25, -0.2) is 4.79 Å². The standard InChI is InChI=1S/C23H29N5O5/c1-5-6-11-26-18(24)17(19(29)25-23(26)33)27(12-13(2)3)20(30)14(4)28-21(31)15-9-7-8-10-16(15)22(28)32/h7-10,13-14H,5-6,11-12,24H2,1-4H3,(H,25,29,33). The molecule has 3 amide bonds. The van der Waals surface area contributed by atoms with Crippen molar-refractivity contribution in [3.8, 4) is 0 Å². The second kappa shape index (κ2) is 9.43. The molecule has 0 spiro atoms. The predicted octanol–water partition coefficient (Wildman–Crippen LogP) is 1.59. The van der Waals surface area contributed by atoms with E-state index in [0.717, 1.165) is 11.3 Å². The molecule has 3 rings (SSSR count). The first kappa shape index (κ1) is 24.0. The Bertz CT molecular complexity index is 1180. The zero-order valence-electron chi connectivity index (χ0n) is 19.3. The maximum absolute atomic E-state index is 13.6. The highest BCUT2D eigenvalue weighted by atomic mass is 16.2. The summed E-state index contributed by atoms with van der Waals surface area (Å²) >= 11 is 0.